The molecule has 0 radical (unpaired) electrons. The maximum Gasteiger partial charge on any atom is 0.150 e. The lowest BCUT2D eigenvalue weighted by molar-refractivity contribution is 0.586. The van der Waals surface area contributed by atoms with Crippen molar-refractivity contribution in [3.8, 4) is 22.3 Å². The van der Waals surface area contributed by atoms with Crippen molar-refractivity contribution in [1.82, 2.24) is 0 Å². The fourth-order valence-corrected chi connectivity index (χ4v) is 11.6. The zero-order valence-electron chi connectivity index (χ0n) is 37.7. The normalized spacial score (nSPS) is 12.1. The summed E-state index contributed by atoms with van der Waals surface area (Å²) in [5.74, 6) is -2.68. The van der Waals surface area contributed by atoms with Crippen LogP contribution in [0, 0.1) is 23.3 Å². The minimum atomic E-state index is -1.70. The number of nitrogens with zero attached hydrogens (tertiary/aromatic N) is 2. The monoisotopic (exact) mass is 904 g/mol. The molecule has 8 heteroatoms. The second-order valence-electron chi connectivity index (χ2n) is 19.2. The molecule has 0 unspecified atom stereocenters. The zero-order chi connectivity index (χ0) is 46.1. The Bertz CT molecular complexity index is 3190. The van der Waals surface area contributed by atoms with Crippen LogP contribution < -0.4 is 20.2 Å². The number of benzene rings is 10. The third kappa shape index (κ3) is 7.63. The highest BCUT2D eigenvalue weighted by molar-refractivity contribution is 6.89. The SMILES string of the molecule is C[Si](C)(C)c1ccc(N(c2cc(-c3ccccc3)c(F)cc2F)c2ccc3ccc4c(N(c5ccc([Si](C)(C)C)cc5)c5cc(-c6ccccc6)c(F)cc5F)ccc5ccc2c3c54)cc1. The number of anilines is 6. The molecule has 0 spiro atoms. The molecule has 0 aromatic heterocycles. The first-order valence-electron chi connectivity index (χ1n) is 22.3. The van der Waals surface area contributed by atoms with E-state index in [0.717, 1.165) is 55.8 Å². The van der Waals surface area contributed by atoms with Gasteiger partial charge in [-0.2, -0.15) is 0 Å². The van der Waals surface area contributed by atoms with Crippen LogP contribution in [0.25, 0.3) is 54.6 Å². The van der Waals surface area contributed by atoms with Gasteiger partial charge in [0, 0.05) is 45.4 Å². The summed E-state index contributed by atoms with van der Waals surface area (Å²) in [5.41, 5.74) is 5.16. The lowest BCUT2D eigenvalue weighted by atomic mass is 9.91. The number of halogens is 4. The quantitative estimate of drug-likeness (QED) is 0.0766. The maximum atomic E-state index is 16.6. The predicted octanol–water partition coefficient (Wildman–Crippen LogP) is 16.5. The Kier molecular flexibility index (Phi) is 10.7. The van der Waals surface area contributed by atoms with Crippen LogP contribution in [-0.2, 0) is 0 Å². The third-order valence-electron chi connectivity index (χ3n) is 12.8. The molecule has 0 aliphatic heterocycles. The molecule has 0 fully saturated rings. The fourth-order valence-electron chi connectivity index (χ4n) is 9.29. The molecule has 0 aliphatic carbocycles. The minimum absolute atomic E-state index is 0.209. The van der Waals surface area contributed by atoms with E-state index in [2.05, 4.69) is 87.8 Å². The molecule has 10 rings (SSSR count). The molecule has 66 heavy (non-hydrogen) atoms. The Hall–Kier alpha value is -7.01. The van der Waals surface area contributed by atoms with Gasteiger partial charge in [-0.3, -0.25) is 0 Å². The smallest absolute Gasteiger partial charge is 0.150 e. The Morgan fingerprint density at radius 1 is 0.333 bits per heavy atom. The van der Waals surface area contributed by atoms with Crippen LogP contribution in [0.1, 0.15) is 0 Å². The molecule has 0 amide bonds. The summed E-state index contributed by atoms with van der Waals surface area (Å²) < 4.78 is 64.8. The van der Waals surface area contributed by atoms with Gasteiger partial charge in [0.1, 0.15) is 23.3 Å². The molecule has 10 aromatic carbocycles. The van der Waals surface area contributed by atoms with E-state index in [9.17, 15) is 0 Å². The molecular formula is C58H48F4N2Si2. The molecule has 0 saturated carbocycles. The van der Waals surface area contributed by atoms with E-state index >= 15 is 17.6 Å². The van der Waals surface area contributed by atoms with Gasteiger partial charge < -0.3 is 9.80 Å². The summed E-state index contributed by atoms with van der Waals surface area (Å²) in [4.78, 5) is 3.79. The van der Waals surface area contributed by atoms with Crippen LogP contribution >= 0.6 is 0 Å². The van der Waals surface area contributed by atoms with E-state index in [1.165, 1.54) is 10.4 Å². The summed E-state index contributed by atoms with van der Waals surface area (Å²) in [6.45, 7) is 13.7. The molecule has 2 nitrogen and oxygen atoms in total. The van der Waals surface area contributed by atoms with Crippen molar-refractivity contribution in [1.29, 1.82) is 0 Å². The summed E-state index contributed by atoms with van der Waals surface area (Å²) >= 11 is 0. The Morgan fingerprint density at radius 3 is 1.03 bits per heavy atom. The minimum Gasteiger partial charge on any atom is -0.307 e. The number of hydrogen-bond donors (Lipinski definition) is 0. The molecule has 0 saturated heterocycles. The van der Waals surface area contributed by atoms with Crippen LogP contribution in [0.3, 0.4) is 0 Å². The molecule has 0 atom stereocenters. The molecule has 0 N–H and O–H groups in total. The van der Waals surface area contributed by atoms with Gasteiger partial charge >= 0.3 is 0 Å². The third-order valence-corrected chi connectivity index (χ3v) is 16.9. The van der Waals surface area contributed by atoms with Gasteiger partial charge in [0.05, 0.1) is 38.9 Å². The van der Waals surface area contributed by atoms with Crippen LogP contribution in [0.2, 0.25) is 39.3 Å². The van der Waals surface area contributed by atoms with Crippen molar-refractivity contribution in [3.05, 3.63) is 205 Å². The fraction of sp³-hybridized carbons (Fsp3) is 0.103. The lowest BCUT2D eigenvalue weighted by Gasteiger charge is -2.30. The summed E-state index contributed by atoms with van der Waals surface area (Å²) in [7, 11) is -3.40. The summed E-state index contributed by atoms with van der Waals surface area (Å²) in [5, 5.41) is 8.04. The van der Waals surface area contributed by atoms with Crippen molar-refractivity contribution >= 4 is 93.0 Å². The molecule has 0 bridgehead atoms. The first kappa shape index (κ1) is 42.9. The van der Waals surface area contributed by atoms with E-state index in [0.29, 0.717) is 33.6 Å². The van der Waals surface area contributed by atoms with Crippen molar-refractivity contribution in [2.45, 2.75) is 39.3 Å². The van der Waals surface area contributed by atoms with Gasteiger partial charge in [-0.25, -0.2) is 17.6 Å². The Morgan fingerprint density at radius 2 is 0.682 bits per heavy atom. The van der Waals surface area contributed by atoms with E-state index in [4.69, 9.17) is 0 Å². The second-order valence-corrected chi connectivity index (χ2v) is 29.3. The van der Waals surface area contributed by atoms with Crippen molar-refractivity contribution in [3.63, 3.8) is 0 Å². The molecule has 0 heterocycles. The topological polar surface area (TPSA) is 6.48 Å². The Labute approximate surface area is 385 Å². The highest BCUT2D eigenvalue weighted by Gasteiger charge is 2.27. The van der Waals surface area contributed by atoms with E-state index in [1.54, 1.807) is 12.1 Å². The van der Waals surface area contributed by atoms with Gasteiger partial charge in [-0.05, 0) is 81.2 Å². The standard InChI is InChI=1S/C58H48F4N2Si2/c1-65(2,3)43-25-21-41(22-26-43)63(55-33-47(49(59)35-51(55)61)37-13-9-7-10-14-37)53-31-19-39-18-30-46-54(32-20-40-17-29-45(53)57(39)58(40)46)64(42-23-27-44(28-24-42)66(4,5)6)56-34-48(50(60)36-52(56)62)38-15-11-8-12-16-38/h7-36H,1-6H3. The van der Waals surface area contributed by atoms with Gasteiger partial charge in [0.15, 0.2) is 0 Å². The first-order valence-corrected chi connectivity index (χ1v) is 29.3. The van der Waals surface area contributed by atoms with E-state index < -0.39 is 39.4 Å². The maximum absolute atomic E-state index is 16.6. The summed E-state index contributed by atoms with van der Waals surface area (Å²) in [6, 6.07) is 56.6. The second kappa shape index (κ2) is 16.5. The van der Waals surface area contributed by atoms with Crippen LogP contribution in [0.15, 0.2) is 182 Å². The average Bonchev–Trinajstić information content (AvgIpc) is 3.30. The molecule has 0 aliphatic rings. The van der Waals surface area contributed by atoms with Gasteiger partial charge in [-0.15, -0.1) is 0 Å². The van der Waals surface area contributed by atoms with Crippen LogP contribution in [0.5, 0.6) is 0 Å². The van der Waals surface area contributed by atoms with Gasteiger partial charge in [0.25, 0.3) is 0 Å². The van der Waals surface area contributed by atoms with Crippen molar-refractivity contribution in [2.75, 3.05) is 9.80 Å². The Balaban J connectivity index is 1.23. The molecule has 10 aromatic rings. The number of hydrogen-bond acceptors (Lipinski definition) is 2. The largest absolute Gasteiger partial charge is 0.307 e. The predicted molar refractivity (Wildman–Crippen MR) is 276 cm³/mol. The molecular weight excluding hydrogens is 857 g/mol. The number of rotatable bonds is 10. The van der Waals surface area contributed by atoms with Gasteiger partial charge in [-0.1, -0.05) is 171 Å². The average molecular weight is 905 g/mol. The highest BCUT2D eigenvalue weighted by Crippen LogP contribution is 2.49. The van der Waals surface area contributed by atoms with E-state index in [1.807, 2.05) is 119 Å². The first-order chi connectivity index (χ1) is 31.7. The van der Waals surface area contributed by atoms with Crippen molar-refractivity contribution in [2.24, 2.45) is 0 Å². The van der Waals surface area contributed by atoms with Crippen LogP contribution in [0.4, 0.5) is 51.7 Å². The lowest BCUT2D eigenvalue weighted by Crippen LogP contribution is -2.37. The van der Waals surface area contributed by atoms with Gasteiger partial charge in [0.2, 0.25) is 0 Å². The van der Waals surface area contributed by atoms with Crippen LogP contribution in [-0.4, -0.2) is 16.1 Å². The summed E-state index contributed by atoms with van der Waals surface area (Å²) in [6.07, 6.45) is 0. The van der Waals surface area contributed by atoms with E-state index in [-0.39, 0.29) is 11.4 Å². The zero-order valence-corrected chi connectivity index (χ0v) is 39.7. The van der Waals surface area contributed by atoms with Crippen molar-refractivity contribution < 1.29 is 17.6 Å². The molecule has 326 valence electrons. The highest BCUT2D eigenvalue weighted by atomic mass is 28.3.